The highest BCUT2D eigenvalue weighted by Gasteiger charge is 2.43. The molecular weight excluding hydrogens is 363 g/mol. The lowest BCUT2D eigenvalue weighted by Gasteiger charge is -2.40. The minimum absolute atomic E-state index is 0.324. The first kappa shape index (κ1) is 19.2. The first-order valence-corrected chi connectivity index (χ1v) is 8.61. The number of benzene rings is 2. The van der Waals surface area contributed by atoms with E-state index in [1.165, 1.54) is 12.1 Å². The Morgan fingerprint density at radius 2 is 1.65 bits per heavy atom. The van der Waals surface area contributed by atoms with Gasteiger partial charge in [0, 0.05) is 5.02 Å². The van der Waals surface area contributed by atoms with Gasteiger partial charge in [-0.2, -0.15) is 0 Å². The summed E-state index contributed by atoms with van der Waals surface area (Å²) in [5, 5.41) is 39.9. The molecule has 2 aromatic rings. The van der Waals surface area contributed by atoms with Crippen LogP contribution < -0.4 is 0 Å². The van der Waals surface area contributed by atoms with Crippen LogP contribution in [0.3, 0.4) is 0 Å². The highest BCUT2D eigenvalue weighted by atomic mass is 35.5. The summed E-state index contributed by atoms with van der Waals surface area (Å²) in [7, 11) is 0. The summed E-state index contributed by atoms with van der Waals surface area (Å²) in [6.07, 6.45) is -5.65. The van der Waals surface area contributed by atoms with E-state index < -0.39 is 37.1 Å². The molecule has 1 saturated heterocycles. The average molecular weight is 383 g/mol. The molecule has 0 unspecified atom stereocenters. The van der Waals surface area contributed by atoms with E-state index >= 15 is 0 Å². The van der Waals surface area contributed by atoms with Crippen LogP contribution in [0.4, 0.5) is 4.39 Å². The highest BCUT2D eigenvalue weighted by Crippen LogP contribution is 2.34. The zero-order valence-corrected chi connectivity index (χ0v) is 14.6. The molecule has 0 bridgehead atoms. The van der Waals surface area contributed by atoms with Crippen LogP contribution in [0.1, 0.15) is 22.8 Å². The Bertz CT molecular complexity index is 752. The quantitative estimate of drug-likeness (QED) is 0.644. The Hall–Kier alpha value is -1.54. The van der Waals surface area contributed by atoms with E-state index in [2.05, 4.69) is 0 Å². The third kappa shape index (κ3) is 3.91. The third-order valence-electron chi connectivity index (χ3n) is 4.60. The zero-order chi connectivity index (χ0) is 18.8. The molecule has 26 heavy (non-hydrogen) atoms. The minimum atomic E-state index is -1.44. The maximum atomic E-state index is 13.1. The average Bonchev–Trinajstić information content (AvgIpc) is 2.64. The van der Waals surface area contributed by atoms with Gasteiger partial charge in [-0.15, -0.1) is 0 Å². The van der Waals surface area contributed by atoms with Crippen LogP contribution in [0.2, 0.25) is 5.02 Å². The second-order valence-electron chi connectivity index (χ2n) is 6.40. The van der Waals surface area contributed by atoms with Gasteiger partial charge in [0.15, 0.2) is 0 Å². The van der Waals surface area contributed by atoms with Crippen molar-refractivity contribution in [3.63, 3.8) is 0 Å². The van der Waals surface area contributed by atoms with E-state index in [4.69, 9.17) is 16.3 Å². The summed E-state index contributed by atoms with van der Waals surface area (Å²) >= 11 is 6.25. The van der Waals surface area contributed by atoms with Crippen molar-refractivity contribution >= 4 is 11.6 Å². The Labute approximate surface area is 155 Å². The topological polar surface area (TPSA) is 90.2 Å². The predicted molar refractivity (Wildman–Crippen MR) is 93.4 cm³/mol. The van der Waals surface area contributed by atoms with Crippen molar-refractivity contribution in [2.45, 2.75) is 36.9 Å². The monoisotopic (exact) mass is 382 g/mol. The van der Waals surface area contributed by atoms with E-state index in [9.17, 15) is 24.8 Å². The van der Waals surface area contributed by atoms with Gasteiger partial charge in [-0.05, 0) is 41.3 Å². The van der Waals surface area contributed by atoms with Gasteiger partial charge in [0.25, 0.3) is 0 Å². The lowest BCUT2D eigenvalue weighted by Crippen LogP contribution is -2.55. The molecule has 0 radical (unpaired) electrons. The molecule has 140 valence electrons. The number of ether oxygens (including phenoxy) is 1. The van der Waals surface area contributed by atoms with Crippen LogP contribution >= 0.6 is 11.6 Å². The van der Waals surface area contributed by atoms with Crippen molar-refractivity contribution < 1.29 is 29.6 Å². The Balaban J connectivity index is 1.87. The summed E-state index contributed by atoms with van der Waals surface area (Å²) in [4.78, 5) is 0. The molecule has 7 heteroatoms. The largest absolute Gasteiger partial charge is 0.394 e. The van der Waals surface area contributed by atoms with Gasteiger partial charge < -0.3 is 25.2 Å². The molecule has 1 fully saturated rings. The summed E-state index contributed by atoms with van der Waals surface area (Å²) in [6, 6.07) is 11.1. The van der Waals surface area contributed by atoms with Gasteiger partial charge in [0.05, 0.1) is 6.61 Å². The Morgan fingerprint density at radius 3 is 2.31 bits per heavy atom. The first-order chi connectivity index (χ1) is 12.4. The van der Waals surface area contributed by atoms with Crippen LogP contribution in [0.15, 0.2) is 42.5 Å². The fourth-order valence-corrected chi connectivity index (χ4v) is 3.29. The summed E-state index contributed by atoms with van der Waals surface area (Å²) < 4.78 is 18.6. The zero-order valence-electron chi connectivity index (χ0n) is 13.8. The van der Waals surface area contributed by atoms with Crippen molar-refractivity contribution in [2.24, 2.45) is 0 Å². The third-order valence-corrected chi connectivity index (χ3v) is 4.97. The number of aliphatic hydroxyl groups is 4. The maximum absolute atomic E-state index is 13.1. The molecule has 5 atom stereocenters. The van der Waals surface area contributed by atoms with Crippen LogP contribution in [-0.4, -0.2) is 51.4 Å². The minimum Gasteiger partial charge on any atom is -0.394 e. The SMILES string of the molecule is OC[C@H]1O[C@@H](c2ccc(Cl)c(Cc3ccc(F)cc3)c2)[C@H](O)[C@@H](O)[C@@H]1O. The van der Waals surface area contributed by atoms with Gasteiger partial charge in [-0.1, -0.05) is 35.9 Å². The standard InChI is InChI=1S/C19H20ClFO5/c20-14-6-3-11(8-12(14)7-10-1-4-13(21)5-2-10)19-18(25)17(24)16(23)15(9-22)26-19/h1-6,8,15-19,22-25H,7,9H2/t15-,16-,17+,18-,19+/m1/s1. The number of rotatable bonds is 4. The molecule has 4 N–H and O–H groups in total. The Morgan fingerprint density at radius 1 is 0.962 bits per heavy atom. The van der Waals surface area contributed by atoms with E-state index in [-0.39, 0.29) is 5.82 Å². The van der Waals surface area contributed by atoms with Gasteiger partial charge in [0.2, 0.25) is 0 Å². The second-order valence-corrected chi connectivity index (χ2v) is 6.81. The van der Waals surface area contributed by atoms with Crippen molar-refractivity contribution in [1.82, 2.24) is 0 Å². The molecule has 5 nitrogen and oxygen atoms in total. The second kappa shape index (κ2) is 8.00. The van der Waals surface area contributed by atoms with E-state index in [1.54, 1.807) is 30.3 Å². The molecule has 0 aliphatic carbocycles. The first-order valence-electron chi connectivity index (χ1n) is 8.24. The van der Waals surface area contributed by atoms with Crippen molar-refractivity contribution in [3.8, 4) is 0 Å². The van der Waals surface area contributed by atoms with Crippen LogP contribution in [0.5, 0.6) is 0 Å². The van der Waals surface area contributed by atoms with E-state index in [0.717, 1.165) is 11.1 Å². The van der Waals surface area contributed by atoms with Gasteiger partial charge in [-0.3, -0.25) is 0 Å². The van der Waals surface area contributed by atoms with Crippen LogP contribution in [0.25, 0.3) is 0 Å². The van der Waals surface area contributed by atoms with Crippen LogP contribution in [0, 0.1) is 5.82 Å². The van der Waals surface area contributed by atoms with Gasteiger partial charge in [-0.25, -0.2) is 4.39 Å². The summed E-state index contributed by atoms with van der Waals surface area (Å²) in [6.45, 7) is -0.489. The van der Waals surface area contributed by atoms with E-state index in [1.807, 2.05) is 0 Å². The molecule has 0 amide bonds. The maximum Gasteiger partial charge on any atom is 0.123 e. The van der Waals surface area contributed by atoms with Crippen molar-refractivity contribution in [2.75, 3.05) is 6.61 Å². The molecule has 2 aromatic carbocycles. The number of aliphatic hydroxyl groups excluding tert-OH is 4. The fraction of sp³-hybridized carbons (Fsp3) is 0.368. The lowest BCUT2D eigenvalue weighted by atomic mass is 9.90. The van der Waals surface area contributed by atoms with Gasteiger partial charge >= 0.3 is 0 Å². The van der Waals surface area contributed by atoms with Crippen LogP contribution in [-0.2, 0) is 11.2 Å². The van der Waals surface area contributed by atoms with Crippen molar-refractivity contribution in [3.05, 3.63) is 70.0 Å². The predicted octanol–water partition coefficient (Wildman–Crippen LogP) is 1.58. The normalized spacial score (nSPS) is 28.9. The molecule has 0 aromatic heterocycles. The summed E-state index contributed by atoms with van der Waals surface area (Å²) in [5.74, 6) is -0.324. The molecule has 1 aliphatic heterocycles. The molecule has 0 saturated carbocycles. The fourth-order valence-electron chi connectivity index (χ4n) is 3.11. The molecule has 1 aliphatic rings. The smallest absolute Gasteiger partial charge is 0.123 e. The molecule has 3 rings (SSSR count). The number of hydrogen-bond acceptors (Lipinski definition) is 5. The highest BCUT2D eigenvalue weighted by molar-refractivity contribution is 6.31. The molecule has 0 spiro atoms. The lowest BCUT2D eigenvalue weighted by molar-refractivity contribution is -0.231. The number of halogens is 2. The number of hydrogen-bond donors (Lipinski definition) is 4. The molecular formula is C19H20ClFO5. The Kier molecular flexibility index (Phi) is 5.92. The molecule has 1 heterocycles. The van der Waals surface area contributed by atoms with E-state index in [0.29, 0.717) is 17.0 Å². The van der Waals surface area contributed by atoms with Crippen molar-refractivity contribution in [1.29, 1.82) is 0 Å². The van der Waals surface area contributed by atoms with Gasteiger partial charge in [0.1, 0.15) is 36.3 Å². The summed E-state index contributed by atoms with van der Waals surface area (Å²) in [5.41, 5.74) is 2.16.